The molecule has 4 amide bonds. The fourth-order valence-electron chi connectivity index (χ4n) is 6.02. The number of methoxy groups -OCH3 is 2. The van der Waals surface area contributed by atoms with Crippen LogP contribution in [0.3, 0.4) is 0 Å². The van der Waals surface area contributed by atoms with Gasteiger partial charge in [-0.05, 0) is 43.5 Å². The topological polar surface area (TPSA) is 140 Å². The lowest BCUT2D eigenvalue weighted by Crippen LogP contribution is -2.53. The third-order valence-corrected chi connectivity index (χ3v) is 7.74. The highest BCUT2D eigenvalue weighted by Crippen LogP contribution is 2.53. The molecule has 4 N–H and O–H groups in total. The quantitative estimate of drug-likeness (QED) is 0.458. The molecule has 2 unspecified atom stereocenters. The number of carbonyl (C=O) groups is 4. The van der Waals surface area contributed by atoms with Gasteiger partial charge in [0.2, 0.25) is 23.6 Å². The third kappa shape index (κ3) is 3.83. The van der Waals surface area contributed by atoms with Crippen LogP contribution in [0, 0.1) is 18.8 Å². The maximum atomic E-state index is 13.9. The van der Waals surface area contributed by atoms with E-state index in [0.717, 1.165) is 11.1 Å². The second-order valence-corrected chi connectivity index (χ2v) is 9.84. The van der Waals surface area contributed by atoms with Gasteiger partial charge in [0, 0.05) is 30.3 Å². The highest BCUT2D eigenvalue weighted by atomic mass is 16.5. The monoisotopic (exact) mass is 506 g/mol. The molecule has 3 aliphatic heterocycles. The van der Waals surface area contributed by atoms with Gasteiger partial charge in [-0.2, -0.15) is 0 Å². The smallest absolute Gasteiger partial charge is 0.250 e. The molecule has 10 nitrogen and oxygen atoms in total. The van der Waals surface area contributed by atoms with E-state index >= 15 is 0 Å². The first-order valence-corrected chi connectivity index (χ1v) is 12.3. The first kappa shape index (κ1) is 24.8. The van der Waals surface area contributed by atoms with E-state index in [1.165, 1.54) is 4.90 Å². The van der Waals surface area contributed by atoms with Crippen molar-refractivity contribution in [3.63, 3.8) is 0 Å². The molecule has 0 saturated carbocycles. The Labute approximate surface area is 214 Å². The molecule has 3 aliphatic rings. The van der Waals surface area contributed by atoms with Crippen LogP contribution >= 0.6 is 0 Å². The van der Waals surface area contributed by atoms with Crippen molar-refractivity contribution >= 4 is 29.3 Å². The van der Waals surface area contributed by atoms with E-state index in [2.05, 4.69) is 10.6 Å². The van der Waals surface area contributed by atoms with Gasteiger partial charge < -0.3 is 20.5 Å². The van der Waals surface area contributed by atoms with Gasteiger partial charge in [0.1, 0.15) is 5.54 Å². The molecule has 194 valence electrons. The second-order valence-electron chi connectivity index (χ2n) is 9.84. The zero-order valence-corrected chi connectivity index (χ0v) is 21.0. The maximum absolute atomic E-state index is 13.9. The fourth-order valence-corrected chi connectivity index (χ4v) is 6.02. The number of hydrogen-bond donors (Lipinski definition) is 3. The predicted octanol–water partition coefficient (Wildman–Crippen LogP) is 1.24. The zero-order chi connectivity index (χ0) is 26.5. The van der Waals surface area contributed by atoms with E-state index in [1.807, 2.05) is 31.2 Å². The van der Waals surface area contributed by atoms with Gasteiger partial charge in [0.05, 0.1) is 26.1 Å². The van der Waals surface area contributed by atoms with Gasteiger partial charge in [-0.3, -0.25) is 29.4 Å². The Morgan fingerprint density at radius 1 is 1.05 bits per heavy atom. The number of likely N-dealkylation sites (tertiary alicyclic amines) is 1. The van der Waals surface area contributed by atoms with Crippen molar-refractivity contribution < 1.29 is 28.7 Å². The van der Waals surface area contributed by atoms with Gasteiger partial charge >= 0.3 is 0 Å². The Hall–Kier alpha value is -3.92. The molecule has 2 saturated heterocycles. The highest BCUT2D eigenvalue weighted by molar-refractivity contribution is 6.15. The molecule has 2 aromatic rings. The molecule has 37 heavy (non-hydrogen) atoms. The van der Waals surface area contributed by atoms with Crippen molar-refractivity contribution in [3.05, 3.63) is 53.1 Å². The first-order valence-electron chi connectivity index (χ1n) is 12.3. The van der Waals surface area contributed by atoms with E-state index in [9.17, 15) is 19.2 Å². The molecule has 3 heterocycles. The number of amides is 4. The molecule has 2 fully saturated rings. The maximum Gasteiger partial charge on any atom is 0.250 e. The summed E-state index contributed by atoms with van der Waals surface area (Å²) in [4.78, 5) is 53.9. The molecule has 4 atom stereocenters. The lowest BCUT2D eigenvalue weighted by Gasteiger charge is -2.29. The number of aryl methyl sites for hydroxylation is 1. The van der Waals surface area contributed by atoms with Crippen LogP contribution in [0.4, 0.5) is 5.69 Å². The Morgan fingerprint density at radius 2 is 1.81 bits per heavy atom. The minimum absolute atomic E-state index is 0.0341. The van der Waals surface area contributed by atoms with Crippen LogP contribution in [0.5, 0.6) is 11.5 Å². The molecule has 1 spiro atoms. The van der Waals surface area contributed by atoms with Crippen LogP contribution in [0.25, 0.3) is 0 Å². The van der Waals surface area contributed by atoms with Crippen LogP contribution in [0.1, 0.15) is 29.5 Å². The minimum atomic E-state index is -1.39. The number of nitrogens with zero attached hydrogens (tertiary/aromatic N) is 1. The summed E-state index contributed by atoms with van der Waals surface area (Å²) in [5, 5.41) is 6.21. The Bertz CT molecular complexity index is 1310. The minimum Gasteiger partial charge on any atom is -0.493 e. The molecule has 2 aromatic carbocycles. The summed E-state index contributed by atoms with van der Waals surface area (Å²) >= 11 is 0. The number of primary amides is 1. The number of imide groups is 1. The average molecular weight is 507 g/mol. The fraction of sp³-hybridized carbons (Fsp3) is 0.407. The van der Waals surface area contributed by atoms with Gasteiger partial charge in [-0.1, -0.05) is 23.8 Å². The SMILES string of the molecule is COc1ccc(CCN2C(=O)[C@@H]3C(CCC(N)=O)NC4(C(=O)Nc5ccc(C)cc54)[C@@H]3C2=O)cc1OC. The normalized spacial score (nSPS) is 25.9. The number of ether oxygens (including phenoxy) is 2. The highest BCUT2D eigenvalue weighted by Gasteiger charge is 2.70. The predicted molar refractivity (Wildman–Crippen MR) is 134 cm³/mol. The number of benzene rings is 2. The molecular formula is C27H30N4O6. The zero-order valence-electron chi connectivity index (χ0n) is 21.0. The van der Waals surface area contributed by atoms with Crippen molar-refractivity contribution in [2.75, 3.05) is 26.1 Å². The summed E-state index contributed by atoms with van der Waals surface area (Å²) in [5.41, 5.74) is 7.06. The van der Waals surface area contributed by atoms with Crippen LogP contribution in [0.15, 0.2) is 36.4 Å². The number of hydrogen-bond acceptors (Lipinski definition) is 7. The standard InChI is InChI=1S/C27H30N4O6/c1-14-4-6-17-16(12-14)27(26(35)29-17)23-22(18(30-27)7-9-21(28)32)24(33)31(25(23)34)11-10-15-5-8-19(36-2)20(13-15)37-3/h4-6,8,12-13,18,22-23,30H,7,9-11H2,1-3H3,(H2,28,32)(H,29,35)/t18?,22-,23+,27?/m1/s1. The number of anilines is 1. The summed E-state index contributed by atoms with van der Waals surface area (Å²) in [5.74, 6) is -2.18. The second kappa shape index (κ2) is 9.19. The molecule has 0 aliphatic carbocycles. The first-order chi connectivity index (χ1) is 17.7. The van der Waals surface area contributed by atoms with E-state index < -0.39 is 35.2 Å². The number of fused-ring (bicyclic) bond motifs is 4. The molecule has 5 rings (SSSR count). The van der Waals surface area contributed by atoms with Crippen molar-refractivity contribution in [1.82, 2.24) is 10.2 Å². The average Bonchev–Trinajstić information content (AvgIpc) is 3.45. The lowest BCUT2D eigenvalue weighted by molar-refractivity contribution is -0.142. The molecule has 0 radical (unpaired) electrons. The number of rotatable bonds is 8. The number of nitrogens with two attached hydrogens (primary N) is 1. The molecule has 0 bridgehead atoms. The Morgan fingerprint density at radius 3 is 2.51 bits per heavy atom. The van der Waals surface area contributed by atoms with Crippen LogP contribution in [-0.4, -0.2) is 55.3 Å². The van der Waals surface area contributed by atoms with Gasteiger partial charge in [0.15, 0.2) is 11.5 Å². The summed E-state index contributed by atoms with van der Waals surface area (Å²) in [6.45, 7) is 2.06. The third-order valence-electron chi connectivity index (χ3n) is 7.74. The van der Waals surface area contributed by atoms with E-state index in [-0.39, 0.29) is 31.2 Å². The Kier molecular flexibility index (Phi) is 6.15. The molecule has 0 aromatic heterocycles. The summed E-state index contributed by atoms with van der Waals surface area (Å²) in [7, 11) is 3.09. The van der Waals surface area contributed by atoms with E-state index in [1.54, 1.807) is 26.4 Å². The van der Waals surface area contributed by atoms with Gasteiger partial charge in [-0.25, -0.2) is 0 Å². The lowest BCUT2D eigenvalue weighted by atomic mass is 9.76. The summed E-state index contributed by atoms with van der Waals surface area (Å²) < 4.78 is 10.7. The van der Waals surface area contributed by atoms with Gasteiger partial charge in [0.25, 0.3) is 0 Å². The van der Waals surface area contributed by atoms with Crippen molar-refractivity contribution in [3.8, 4) is 11.5 Å². The molecular weight excluding hydrogens is 476 g/mol. The largest absolute Gasteiger partial charge is 0.493 e. The van der Waals surface area contributed by atoms with Crippen LogP contribution in [0.2, 0.25) is 0 Å². The van der Waals surface area contributed by atoms with Crippen molar-refractivity contribution in [1.29, 1.82) is 0 Å². The van der Waals surface area contributed by atoms with Crippen molar-refractivity contribution in [2.24, 2.45) is 17.6 Å². The van der Waals surface area contributed by atoms with Gasteiger partial charge in [-0.15, -0.1) is 0 Å². The Balaban J connectivity index is 1.48. The van der Waals surface area contributed by atoms with E-state index in [0.29, 0.717) is 29.2 Å². The number of nitrogens with one attached hydrogen (secondary N) is 2. The molecule has 10 heteroatoms. The van der Waals surface area contributed by atoms with Crippen molar-refractivity contribution in [2.45, 2.75) is 37.8 Å². The van der Waals surface area contributed by atoms with Crippen LogP contribution in [-0.2, 0) is 31.1 Å². The van der Waals surface area contributed by atoms with E-state index in [4.69, 9.17) is 15.2 Å². The summed E-state index contributed by atoms with van der Waals surface area (Å²) in [6, 6.07) is 10.4. The number of carbonyl (C=O) groups excluding carboxylic acids is 4. The van der Waals surface area contributed by atoms with Crippen LogP contribution < -0.4 is 25.8 Å². The summed E-state index contributed by atoms with van der Waals surface area (Å²) in [6.07, 6.45) is 0.688.